The van der Waals surface area contributed by atoms with Crippen LogP contribution in [0, 0.1) is 12.7 Å². The Hall–Kier alpha value is -2.80. The van der Waals surface area contributed by atoms with Gasteiger partial charge in [-0.05, 0) is 68.0 Å². The third kappa shape index (κ3) is 4.21. The first-order valence-electron chi connectivity index (χ1n) is 10.4. The van der Waals surface area contributed by atoms with E-state index in [1.807, 2.05) is 16.8 Å². The molecule has 2 heterocycles. The third-order valence-corrected chi connectivity index (χ3v) is 5.64. The summed E-state index contributed by atoms with van der Waals surface area (Å²) in [5.74, 6) is 0.660. The molecule has 0 radical (unpaired) electrons. The molecule has 0 aliphatic carbocycles. The van der Waals surface area contributed by atoms with Crippen molar-refractivity contribution in [2.45, 2.75) is 39.3 Å². The van der Waals surface area contributed by atoms with Gasteiger partial charge in [0.2, 0.25) is 0 Å². The lowest BCUT2D eigenvalue weighted by Gasteiger charge is -2.40. The van der Waals surface area contributed by atoms with Crippen molar-refractivity contribution in [2.24, 2.45) is 0 Å². The number of hydrogen-bond acceptors (Lipinski definition) is 5. The zero-order valence-electron chi connectivity index (χ0n) is 18.1. The monoisotopic (exact) mass is 408 g/mol. The van der Waals surface area contributed by atoms with Crippen LogP contribution in [0.4, 0.5) is 10.1 Å². The summed E-state index contributed by atoms with van der Waals surface area (Å²) >= 11 is 0. The molecule has 0 N–H and O–H groups in total. The first-order valence-corrected chi connectivity index (χ1v) is 10.4. The van der Waals surface area contributed by atoms with Gasteiger partial charge in [0.1, 0.15) is 5.82 Å². The van der Waals surface area contributed by atoms with E-state index in [1.54, 1.807) is 0 Å². The van der Waals surface area contributed by atoms with E-state index >= 15 is 0 Å². The van der Waals surface area contributed by atoms with Crippen LogP contribution in [0.1, 0.15) is 43.8 Å². The standard InChI is InChI=1S/C23H29FN6/c1-17-5-7-18(8-6-17)21(22-25-26-27-30(22)23(2,3)4)29-15-13-28(14-16-29)20-11-9-19(24)10-12-20/h5-12,21H,13-16H2,1-4H3/t21-/m1/s1. The van der Waals surface area contributed by atoms with Crippen molar-refractivity contribution in [3.63, 3.8) is 0 Å². The summed E-state index contributed by atoms with van der Waals surface area (Å²) in [5.41, 5.74) is 3.27. The van der Waals surface area contributed by atoms with Crippen LogP contribution in [0.25, 0.3) is 0 Å². The lowest BCUT2D eigenvalue weighted by Crippen LogP contribution is -2.48. The number of rotatable bonds is 4. The Morgan fingerprint density at radius 1 is 0.900 bits per heavy atom. The lowest BCUT2D eigenvalue weighted by atomic mass is 10.0. The quantitative estimate of drug-likeness (QED) is 0.657. The van der Waals surface area contributed by atoms with Crippen LogP contribution in [0.2, 0.25) is 0 Å². The highest BCUT2D eigenvalue weighted by Crippen LogP contribution is 2.31. The van der Waals surface area contributed by atoms with Gasteiger partial charge in [0, 0.05) is 31.9 Å². The molecule has 2 aromatic carbocycles. The van der Waals surface area contributed by atoms with Gasteiger partial charge in [-0.1, -0.05) is 29.8 Å². The van der Waals surface area contributed by atoms with Gasteiger partial charge in [-0.25, -0.2) is 9.07 Å². The van der Waals surface area contributed by atoms with Crippen molar-refractivity contribution >= 4 is 5.69 Å². The van der Waals surface area contributed by atoms with Crippen LogP contribution in [0.3, 0.4) is 0 Å². The fourth-order valence-corrected chi connectivity index (χ4v) is 4.00. The van der Waals surface area contributed by atoms with E-state index in [2.05, 4.69) is 77.3 Å². The van der Waals surface area contributed by atoms with Gasteiger partial charge in [0.25, 0.3) is 0 Å². The molecule has 1 aliphatic heterocycles. The highest BCUT2D eigenvalue weighted by molar-refractivity contribution is 5.46. The minimum Gasteiger partial charge on any atom is -0.369 e. The number of hydrogen-bond donors (Lipinski definition) is 0. The Morgan fingerprint density at radius 3 is 2.13 bits per heavy atom. The first-order chi connectivity index (χ1) is 14.3. The molecule has 0 saturated carbocycles. The number of tetrazole rings is 1. The average molecular weight is 409 g/mol. The zero-order valence-corrected chi connectivity index (χ0v) is 18.1. The SMILES string of the molecule is Cc1ccc([C@H](c2nnnn2C(C)(C)C)N2CCN(c3ccc(F)cc3)CC2)cc1. The Labute approximate surface area is 177 Å². The maximum Gasteiger partial charge on any atom is 0.173 e. The number of anilines is 1. The van der Waals surface area contributed by atoms with Crippen molar-refractivity contribution in [3.8, 4) is 0 Å². The molecule has 1 saturated heterocycles. The van der Waals surface area contributed by atoms with E-state index < -0.39 is 0 Å². The van der Waals surface area contributed by atoms with Gasteiger partial charge in [0.15, 0.2) is 5.82 Å². The molecule has 1 aromatic heterocycles. The second kappa shape index (κ2) is 8.14. The van der Waals surface area contributed by atoms with Crippen LogP contribution in [-0.2, 0) is 5.54 Å². The summed E-state index contributed by atoms with van der Waals surface area (Å²) in [4.78, 5) is 4.74. The zero-order chi connectivity index (χ0) is 21.3. The maximum absolute atomic E-state index is 13.3. The van der Waals surface area contributed by atoms with Crippen LogP contribution >= 0.6 is 0 Å². The third-order valence-electron chi connectivity index (χ3n) is 5.64. The van der Waals surface area contributed by atoms with Gasteiger partial charge in [-0.15, -0.1) is 5.10 Å². The molecular formula is C23H29FN6. The van der Waals surface area contributed by atoms with E-state index in [9.17, 15) is 4.39 Å². The van der Waals surface area contributed by atoms with Crippen LogP contribution in [0.5, 0.6) is 0 Å². The molecular weight excluding hydrogens is 379 g/mol. The van der Waals surface area contributed by atoms with Gasteiger partial charge >= 0.3 is 0 Å². The van der Waals surface area contributed by atoms with E-state index in [0.717, 1.165) is 37.7 Å². The summed E-state index contributed by atoms with van der Waals surface area (Å²) in [6, 6.07) is 15.4. The Balaban J connectivity index is 1.62. The number of piperazine rings is 1. The Morgan fingerprint density at radius 2 is 1.53 bits per heavy atom. The molecule has 0 amide bonds. The van der Waals surface area contributed by atoms with Gasteiger partial charge in [0.05, 0.1) is 11.6 Å². The molecule has 7 heteroatoms. The minimum atomic E-state index is -0.211. The Bertz CT molecular complexity index is 966. The first kappa shape index (κ1) is 20.5. The summed E-state index contributed by atoms with van der Waals surface area (Å²) in [7, 11) is 0. The number of benzene rings is 2. The molecule has 158 valence electrons. The highest BCUT2D eigenvalue weighted by Gasteiger charge is 2.33. The van der Waals surface area contributed by atoms with Gasteiger partial charge < -0.3 is 4.90 Å². The largest absolute Gasteiger partial charge is 0.369 e. The molecule has 1 fully saturated rings. The second-order valence-corrected chi connectivity index (χ2v) is 8.93. The number of aryl methyl sites for hydroxylation is 1. The molecule has 1 aliphatic rings. The predicted molar refractivity (Wildman–Crippen MR) is 116 cm³/mol. The number of aromatic nitrogens is 4. The maximum atomic E-state index is 13.3. The molecule has 6 nitrogen and oxygen atoms in total. The lowest BCUT2D eigenvalue weighted by molar-refractivity contribution is 0.191. The molecule has 3 aromatic rings. The Kier molecular flexibility index (Phi) is 5.56. The van der Waals surface area contributed by atoms with Crippen molar-refractivity contribution in [1.29, 1.82) is 0 Å². The van der Waals surface area contributed by atoms with Crippen molar-refractivity contribution in [3.05, 3.63) is 71.3 Å². The van der Waals surface area contributed by atoms with Gasteiger partial charge in [-0.3, -0.25) is 4.90 Å². The molecule has 30 heavy (non-hydrogen) atoms. The predicted octanol–water partition coefficient (Wildman–Crippen LogP) is 3.79. The van der Waals surface area contributed by atoms with Crippen molar-refractivity contribution < 1.29 is 4.39 Å². The fourth-order valence-electron chi connectivity index (χ4n) is 4.00. The summed E-state index contributed by atoms with van der Waals surface area (Å²) in [5, 5.41) is 12.8. The second-order valence-electron chi connectivity index (χ2n) is 8.93. The minimum absolute atomic E-state index is 0.0183. The van der Waals surface area contributed by atoms with Crippen LogP contribution < -0.4 is 4.90 Å². The van der Waals surface area contributed by atoms with E-state index in [4.69, 9.17) is 0 Å². The summed E-state index contributed by atoms with van der Waals surface area (Å²) < 4.78 is 15.2. The summed E-state index contributed by atoms with van der Waals surface area (Å²) in [6.45, 7) is 11.9. The fraction of sp³-hybridized carbons (Fsp3) is 0.435. The smallest absolute Gasteiger partial charge is 0.173 e. The molecule has 0 spiro atoms. The van der Waals surface area contributed by atoms with E-state index in [1.165, 1.54) is 23.3 Å². The van der Waals surface area contributed by atoms with Gasteiger partial charge in [-0.2, -0.15) is 0 Å². The highest BCUT2D eigenvalue weighted by atomic mass is 19.1. The van der Waals surface area contributed by atoms with Crippen molar-refractivity contribution in [1.82, 2.24) is 25.1 Å². The molecule has 1 atom stereocenters. The van der Waals surface area contributed by atoms with Crippen LogP contribution in [0.15, 0.2) is 48.5 Å². The molecule has 0 unspecified atom stereocenters. The topological polar surface area (TPSA) is 50.1 Å². The van der Waals surface area contributed by atoms with E-state index in [0.29, 0.717) is 0 Å². The normalized spacial score (nSPS) is 16.6. The molecule has 4 rings (SSSR count). The van der Waals surface area contributed by atoms with E-state index in [-0.39, 0.29) is 17.4 Å². The number of halogens is 1. The summed E-state index contributed by atoms with van der Waals surface area (Å²) in [6.07, 6.45) is 0. The molecule has 0 bridgehead atoms. The number of nitrogens with zero attached hydrogens (tertiary/aromatic N) is 6. The van der Waals surface area contributed by atoms with Crippen LogP contribution in [-0.4, -0.2) is 51.3 Å². The average Bonchev–Trinajstić information content (AvgIpc) is 3.21. The van der Waals surface area contributed by atoms with Crippen molar-refractivity contribution in [2.75, 3.05) is 31.1 Å².